The van der Waals surface area contributed by atoms with Crippen LogP contribution in [-0.4, -0.2) is 0 Å². The first kappa shape index (κ1) is 14.0. The lowest BCUT2D eigenvalue weighted by Gasteiger charge is -2.11. The number of thiophene rings is 1. The highest BCUT2D eigenvalue weighted by Gasteiger charge is 2.16. The smallest absolute Gasteiger partial charge is 0.126 e. The Hall–Kier alpha value is -0.420. The van der Waals surface area contributed by atoms with Gasteiger partial charge < -0.3 is 5.73 Å². The number of halogens is 3. The zero-order valence-corrected chi connectivity index (χ0v) is 12.9. The Balaban J connectivity index is 2.23. The van der Waals surface area contributed by atoms with Gasteiger partial charge in [0.15, 0.2) is 0 Å². The molecule has 0 saturated heterocycles. The van der Waals surface area contributed by atoms with Gasteiger partial charge in [-0.3, -0.25) is 0 Å². The van der Waals surface area contributed by atoms with E-state index in [2.05, 4.69) is 15.9 Å². The fourth-order valence-corrected chi connectivity index (χ4v) is 3.47. The number of rotatable bonds is 3. The molecule has 0 aliphatic carbocycles. The second-order valence-corrected chi connectivity index (χ2v) is 6.35. The highest BCUT2D eigenvalue weighted by atomic mass is 79.9. The molecule has 1 aromatic heterocycles. The number of nitrogens with two attached hydrogens (primary N) is 1. The Morgan fingerprint density at radius 3 is 2.83 bits per heavy atom. The molecule has 5 heteroatoms. The molecule has 0 bridgehead atoms. The molecule has 0 saturated carbocycles. The van der Waals surface area contributed by atoms with Gasteiger partial charge in [-0.05, 0) is 48.1 Å². The fraction of sp³-hybridized carbons (Fsp3) is 0.231. The van der Waals surface area contributed by atoms with Crippen molar-refractivity contribution in [3.63, 3.8) is 0 Å². The number of aryl methyl sites for hydroxylation is 1. The van der Waals surface area contributed by atoms with Gasteiger partial charge in [0.05, 0.1) is 5.02 Å². The van der Waals surface area contributed by atoms with Crippen LogP contribution in [0.25, 0.3) is 0 Å². The predicted molar refractivity (Wildman–Crippen MR) is 78.8 cm³/mol. The third kappa shape index (κ3) is 2.94. The quantitative estimate of drug-likeness (QED) is 0.842. The highest BCUT2D eigenvalue weighted by Crippen LogP contribution is 2.33. The lowest BCUT2D eigenvalue weighted by Crippen LogP contribution is -2.13. The SMILES string of the molecule is Cc1csc(C(N)Cc2cc(Br)ccc2F)c1Cl. The van der Waals surface area contributed by atoms with Gasteiger partial charge in [0.25, 0.3) is 0 Å². The van der Waals surface area contributed by atoms with Crippen LogP contribution in [0, 0.1) is 12.7 Å². The van der Waals surface area contributed by atoms with Gasteiger partial charge in [0, 0.05) is 15.4 Å². The molecular formula is C13H12BrClFNS. The van der Waals surface area contributed by atoms with E-state index in [4.69, 9.17) is 17.3 Å². The molecule has 1 heterocycles. The molecule has 0 spiro atoms. The lowest BCUT2D eigenvalue weighted by atomic mass is 10.0. The summed E-state index contributed by atoms with van der Waals surface area (Å²) in [4.78, 5) is 0.911. The molecule has 0 fully saturated rings. The first-order valence-corrected chi connectivity index (χ1v) is 7.47. The molecular weight excluding hydrogens is 337 g/mol. The molecule has 1 atom stereocenters. The summed E-state index contributed by atoms with van der Waals surface area (Å²) in [5.41, 5.74) is 7.72. The van der Waals surface area contributed by atoms with E-state index in [1.165, 1.54) is 17.4 Å². The molecule has 2 N–H and O–H groups in total. The molecule has 2 aromatic rings. The van der Waals surface area contributed by atoms with Crippen LogP contribution in [0.5, 0.6) is 0 Å². The van der Waals surface area contributed by atoms with Crippen molar-refractivity contribution in [3.8, 4) is 0 Å². The molecule has 1 aromatic carbocycles. The Morgan fingerprint density at radius 2 is 2.22 bits per heavy atom. The Kier molecular flexibility index (Phi) is 4.43. The minimum atomic E-state index is -0.278. The Bertz CT molecular complexity index is 570. The van der Waals surface area contributed by atoms with E-state index in [-0.39, 0.29) is 11.9 Å². The summed E-state index contributed by atoms with van der Waals surface area (Å²) < 4.78 is 14.5. The first-order valence-electron chi connectivity index (χ1n) is 5.42. The van der Waals surface area contributed by atoms with Crippen molar-refractivity contribution in [2.75, 3.05) is 0 Å². The van der Waals surface area contributed by atoms with Crippen molar-refractivity contribution < 1.29 is 4.39 Å². The average Bonchev–Trinajstić information content (AvgIpc) is 2.65. The van der Waals surface area contributed by atoms with Crippen molar-refractivity contribution in [1.29, 1.82) is 0 Å². The van der Waals surface area contributed by atoms with Crippen LogP contribution in [0.4, 0.5) is 4.39 Å². The van der Waals surface area contributed by atoms with Crippen LogP contribution < -0.4 is 5.73 Å². The maximum atomic E-state index is 13.6. The van der Waals surface area contributed by atoms with Gasteiger partial charge >= 0.3 is 0 Å². The Labute approximate surface area is 123 Å². The lowest BCUT2D eigenvalue weighted by molar-refractivity contribution is 0.594. The van der Waals surface area contributed by atoms with E-state index in [1.54, 1.807) is 12.1 Å². The van der Waals surface area contributed by atoms with Crippen molar-refractivity contribution in [2.45, 2.75) is 19.4 Å². The van der Waals surface area contributed by atoms with E-state index >= 15 is 0 Å². The first-order chi connectivity index (χ1) is 8.49. The molecule has 0 aliphatic rings. The van der Waals surface area contributed by atoms with Crippen molar-refractivity contribution in [3.05, 3.63) is 54.9 Å². The van der Waals surface area contributed by atoms with E-state index in [0.29, 0.717) is 17.0 Å². The predicted octanol–water partition coefficient (Wildman–Crippen LogP) is 4.85. The second kappa shape index (κ2) is 5.70. The van der Waals surface area contributed by atoms with Gasteiger partial charge in [0.1, 0.15) is 5.82 Å². The standard InChI is InChI=1S/C13H12BrClFNS/c1-7-6-18-13(12(7)15)11(17)5-8-4-9(14)2-3-10(8)16/h2-4,6,11H,5,17H2,1H3. The van der Waals surface area contributed by atoms with Gasteiger partial charge in [-0.1, -0.05) is 27.5 Å². The number of hydrogen-bond donors (Lipinski definition) is 1. The summed E-state index contributed by atoms with van der Waals surface area (Å²) in [6, 6.07) is 4.59. The fourth-order valence-electron chi connectivity index (χ4n) is 1.73. The van der Waals surface area contributed by atoms with E-state index < -0.39 is 0 Å². The molecule has 0 amide bonds. The summed E-state index contributed by atoms with van der Waals surface area (Å²) in [6.45, 7) is 1.94. The van der Waals surface area contributed by atoms with E-state index in [0.717, 1.165) is 14.9 Å². The van der Waals surface area contributed by atoms with Crippen LogP contribution in [-0.2, 0) is 6.42 Å². The van der Waals surface area contributed by atoms with Crippen LogP contribution in [0.1, 0.15) is 22.0 Å². The van der Waals surface area contributed by atoms with Crippen molar-refractivity contribution in [2.24, 2.45) is 5.73 Å². The number of benzene rings is 1. The Morgan fingerprint density at radius 1 is 1.50 bits per heavy atom. The van der Waals surface area contributed by atoms with E-state index in [1.807, 2.05) is 12.3 Å². The maximum absolute atomic E-state index is 13.6. The zero-order valence-electron chi connectivity index (χ0n) is 9.71. The van der Waals surface area contributed by atoms with Crippen molar-refractivity contribution in [1.82, 2.24) is 0 Å². The van der Waals surface area contributed by atoms with Gasteiger partial charge in [0.2, 0.25) is 0 Å². The number of hydrogen-bond acceptors (Lipinski definition) is 2. The minimum absolute atomic E-state index is 0.238. The second-order valence-electron chi connectivity index (χ2n) is 4.14. The largest absolute Gasteiger partial charge is 0.323 e. The zero-order chi connectivity index (χ0) is 13.3. The van der Waals surface area contributed by atoms with Gasteiger partial charge in [-0.2, -0.15) is 0 Å². The summed E-state index contributed by atoms with van der Waals surface area (Å²) in [7, 11) is 0. The third-order valence-electron chi connectivity index (χ3n) is 2.71. The molecule has 18 heavy (non-hydrogen) atoms. The monoisotopic (exact) mass is 347 g/mol. The molecule has 2 rings (SSSR count). The minimum Gasteiger partial charge on any atom is -0.323 e. The maximum Gasteiger partial charge on any atom is 0.126 e. The summed E-state index contributed by atoms with van der Waals surface area (Å²) in [5.74, 6) is -0.238. The van der Waals surface area contributed by atoms with Gasteiger partial charge in [-0.15, -0.1) is 11.3 Å². The van der Waals surface area contributed by atoms with Crippen LogP contribution in [0.15, 0.2) is 28.1 Å². The van der Waals surface area contributed by atoms with E-state index in [9.17, 15) is 4.39 Å². The van der Waals surface area contributed by atoms with Gasteiger partial charge in [-0.25, -0.2) is 4.39 Å². The molecule has 1 unspecified atom stereocenters. The molecule has 96 valence electrons. The van der Waals surface area contributed by atoms with Crippen LogP contribution in [0.3, 0.4) is 0 Å². The molecule has 0 radical (unpaired) electrons. The topological polar surface area (TPSA) is 26.0 Å². The summed E-state index contributed by atoms with van der Waals surface area (Å²) >= 11 is 11.0. The van der Waals surface area contributed by atoms with Crippen molar-refractivity contribution >= 4 is 38.9 Å². The summed E-state index contributed by atoms with van der Waals surface area (Å²) in [5, 5.41) is 2.66. The molecule has 1 nitrogen and oxygen atoms in total. The average molecular weight is 349 g/mol. The highest BCUT2D eigenvalue weighted by molar-refractivity contribution is 9.10. The summed E-state index contributed by atoms with van der Waals surface area (Å²) in [6.07, 6.45) is 0.435. The normalized spacial score (nSPS) is 12.7. The van der Waals surface area contributed by atoms with Crippen LogP contribution >= 0.6 is 38.9 Å². The van der Waals surface area contributed by atoms with Crippen LogP contribution in [0.2, 0.25) is 5.02 Å². The third-order valence-corrected chi connectivity index (χ3v) is 5.05. The molecule has 0 aliphatic heterocycles.